The smallest absolute Gasteiger partial charge is 0.229 e. The zero-order valence-corrected chi connectivity index (χ0v) is 11.7. The Labute approximate surface area is 113 Å². The molecule has 19 heavy (non-hydrogen) atoms. The summed E-state index contributed by atoms with van der Waals surface area (Å²) in [5, 5.41) is 0. The van der Waals surface area contributed by atoms with Crippen molar-refractivity contribution in [1.29, 1.82) is 0 Å². The van der Waals surface area contributed by atoms with Crippen LogP contribution in [0.2, 0.25) is 0 Å². The van der Waals surface area contributed by atoms with Gasteiger partial charge in [0.25, 0.3) is 0 Å². The normalized spacial score (nSPS) is 15.2. The highest BCUT2D eigenvalue weighted by Crippen LogP contribution is 2.22. The van der Waals surface area contributed by atoms with E-state index in [0.29, 0.717) is 26.0 Å². The van der Waals surface area contributed by atoms with Crippen LogP contribution in [0.3, 0.4) is 0 Å². The maximum Gasteiger partial charge on any atom is 0.229 e. The number of carbonyl (C=O) groups is 2. The van der Waals surface area contributed by atoms with Crippen molar-refractivity contribution in [2.45, 2.75) is 33.6 Å². The Balaban J connectivity index is 1.94. The molecule has 1 saturated heterocycles. The number of rotatable bonds is 4. The van der Waals surface area contributed by atoms with E-state index in [0.717, 1.165) is 11.3 Å². The van der Waals surface area contributed by atoms with Crippen LogP contribution in [0, 0.1) is 20.8 Å². The number of aryl methyl sites for hydroxylation is 3. The Kier molecular flexibility index (Phi) is 3.88. The molecule has 4 heteroatoms. The van der Waals surface area contributed by atoms with Crippen molar-refractivity contribution >= 4 is 11.8 Å². The molecule has 0 saturated carbocycles. The number of ether oxygens (including phenoxy) is 1. The second kappa shape index (κ2) is 5.43. The fourth-order valence-corrected chi connectivity index (χ4v) is 2.21. The van der Waals surface area contributed by atoms with Crippen LogP contribution in [-0.4, -0.2) is 29.9 Å². The second-order valence-electron chi connectivity index (χ2n) is 4.99. The molecule has 102 valence electrons. The number of carbonyl (C=O) groups excluding carboxylic acids is 2. The summed E-state index contributed by atoms with van der Waals surface area (Å²) in [6.45, 7) is 6.78. The van der Waals surface area contributed by atoms with Crippen molar-refractivity contribution in [1.82, 2.24) is 4.90 Å². The van der Waals surface area contributed by atoms with Crippen LogP contribution in [0.15, 0.2) is 12.1 Å². The van der Waals surface area contributed by atoms with Gasteiger partial charge in [-0.3, -0.25) is 14.5 Å². The molecule has 4 nitrogen and oxygen atoms in total. The van der Waals surface area contributed by atoms with Crippen molar-refractivity contribution in [3.63, 3.8) is 0 Å². The average Bonchev–Trinajstić information content (AvgIpc) is 2.67. The molecule has 0 unspecified atom stereocenters. The summed E-state index contributed by atoms with van der Waals surface area (Å²) in [6.07, 6.45) is 0.670. The summed E-state index contributed by atoms with van der Waals surface area (Å²) in [7, 11) is 0. The fourth-order valence-electron chi connectivity index (χ4n) is 2.21. The third-order valence-corrected chi connectivity index (χ3v) is 3.52. The summed E-state index contributed by atoms with van der Waals surface area (Å²) < 4.78 is 5.69. The van der Waals surface area contributed by atoms with E-state index in [1.165, 1.54) is 16.0 Å². The minimum absolute atomic E-state index is 0.0922. The molecule has 0 aromatic heterocycles. The van der Waals surface area contributed by atoms with Crippen molar-refractivity contribution in [3.05, 3.63) is 28.8 Å². The van der Waals surface area contributed by atoms with E-state index in [2.05, 4.69) is 13.0 Å². The van der Waals surface area contributed by atoms with Crippen LogP contribution in [0.1, 0.15) is 29.5 Å². The van der Waals surface area contributed by atoms with E-state index in [9.17, 15) is 9.59 Å². The predicted octanol–water partition coefficient (Wildman–Crippen LogP) is 2.14. The molecule has 0 bridgehead atoms. The summed E-state index contributed by atoms with van der Waals surface area (Å²) in [4.78, 5) is 24.2. The SMILES string of the molecule is Cc1cc(C)c(OCCN2C(=O)CCC2=O)cc1C. The molecule has 1 aliphatic heterocycles. The first-order valence-corrected chi connectivity index (χ1v) is 6.53. The molecule has 1 aromatic carbocycles. The van der Waals surface area contributed by atoms with Gasteiger partial charge in [0.1, 0.15) is 12.4 Å². The number of nitrogens with zero attached hydrogens (tertiary/aromatic N) is 1. The van der Waals surface area contributed by atoms with E-state index < -0.39 is 0 Å². The number of hydrogen-bond acceptors (Lipinski definition) is 3. The fraction of sp³-hybridized carbons (Fsp3) is 0.467. The molecule has 0 aliphatic carbocycles. The zero-order chi connectivity index (χ0) is 14.0. The molecule has 1 aliphatic rings. The monoisotopic (exact) mass is 261 g/mol. The molecular formula is C15H19NO3. The van der Waals surface area contributed by atoms with E-state index in [1.807, 2.05) is 19.9 Å². The van der Waals surface area contributed by atoms with Crippen LogP contribution >= 0.6 is 0 Å². The topological polar surface area (TPSA) is 46.6 Å². The van der Waals surface area contributed by atoms with E-state index in [1.54, 1.807) is 0 Å². The lowest BCUT2D eigenvalue weighted by atomic mass is 10.1. The molecule has 1 heterocycles. The minimum Gasteiger partial charge on any atom is -0.491 e. The van der Waals surface area contributed by atoms with Gasteiger partial charge in [-0.2, -0.15) is 0 Å². The summed E-state index contributed by atoms with van der Waals surface area (Å²) in [6, 6.07) is 4.08. The molecule has 2 amide bonds. The first kappa shape index (κ1) is 13.6. The van der Waals surface area contributed by atoms with Crippen LogP contribution in [0.5, 0.6) is 5.75 Å². The average molecular weight is 261 g/mol. The summed E-state index contributed by atoms with van der Waals surface area (Å²) >= 11 is 0. The Hall–Kier alpha value is -1.84. The number of hydrogen-bond donors (Lipinski definition) is 0. The summed E-state index contributed by atoms with van der Waals surface area (Å²) in [5.74, 6) is 0.637. The van der Waals surface area contributed by atoms with Gasteiger partial charge in [0.2, 0.25) is 11.8 Å². The Morgan fingerprint density at radius 3 is 2.21 bits per heavy atom. The maximum absolute atomic E-state index is 11.4. The minimum atomic E-state index is -0.0922. The third kappa shape index (κ3) is 2.95. The van der Waals surface area contributed by atoms with Crippen molar-refractivity contribution < 1.29 is 14.3 Å². The molecule has 2 rings (SSSR count). The first-order chi connectivity index (χ1) is 8.99. The highest BCUT2D eigenvalue weighted by atomic mass is 16.5. The van der Waals surface area contributed by atoms with Gasteiger partial charge in [-0.1, -0.05) is 6.07 Å². The largest absolute Gasteiger partial charge is 0.491 e. The molecule has 0 radical (unpaired) electrons. The van der Waals surface area contributed by atoms with Gasteiger partial charge in [0.05, 0.1) is 6.54 Å². The Bertz CT molecular complexity index is 506. The quantitative estimate of drug-likeness (QED) is 0.780. The Morgan fingerprint density at radius 1 is 1.00 bits per heavy atom. The lowest BCUT2D eigenvalue weighted by Gasteiger charge is -2.16. The van der Waals surface area contributed by atoms with Crippen molar-refractivity contribution in [2.24, 2.45) is 0 Å². The number of amides is 2. The number of benzene rings is 1. The molecule has 0 atom stereocenters. The van der Waals surface area contributed by atoms with Crippen LogP contribution in [-0.2, 0) is 9.59 Å². The van der Waals surface area contributed by atoms with Gasteiger partial charge in [-0.25, -0.2) is 0 Å². The molecule has 0 spiro atoms. The van der Waals surface area contributed by atoms with Crippen molar-refractivity contribution in [2.75, 3.05) is 13.2 Å². The van der Waals surface area contributed by atoms with E-state index >= 15 is 0 Å². The second-order valence-corrected chi connectivity index (χ2v) is 4.99. The van der Waals surface area contributed by atoms with E-state index in [4.69, 9.17) is 4.74 Å². The Morgan fingerprint density at radius 2 is 1.58 bits per heavy atom. The van der Waals surface area contributed by atoms with Gasteiger partial charge in [0.15, 0.2) is 0 Å². The van der Waals surface area contributed by atoms with Crippen LogP contribution in [0.25, 0.3) is 0 Å². The first-order valence-electron chi connectivity index (χ1n) is 6.53. The highest BCUT2D eigenvalue weighted by Gasteiger charge is 2.28. The van der Waals surface area contributed by atoms with Gasteiger partial charge < -0.3 is 4.74 Å². The standard InChI is InChI=1S/C15H19NO3/c1-10-8-12(3)13(9-11(10)2)19-7-6-16-14(17)4-5-15(16)18/h8-9H,4-7H2,1-3H3. The number of imide groups is 1. The van der Waals surface area contributed by atoms with Crippen LogP contribution in [0.4, 0.5) is 0 Å². The lowest BCUT2D eigenvalue weighted by molar-refractivity contribution is -0.138. The van der Waals surface area contributed by atoms with Gasteiger partial charge in [-0.05, 0) is 43.5 Å². The predicted molar refractivity (Wildman–Crippen MR) is 72.1 cm³/mol. The highest BCUT2D eigenvalue weighted by molar-refractivity contribution is 6.01. The molecule has 0 N–H and O–H groups in total. The lowest BCUT2D eigenvalue weighted by Crippen LogP contribution is -2.33. The van der Waals surface area contributed by atoms with Crippen LogP contribution < -0.4 is 4.74 Å². The maximum atomic E-state index is 11.4. The molecule has 1 fully saturated rings. The zero-order valence-electron chi connectivity index (χ0n) is 11.7. The van der Waals surface area contributed by atoms with Gasteiger partial charge in [-0.15, -0.1) is 0 Å². The van der Waals surface area contributed by atoms with Gasteiger partial charge >= 0.3 is 0 Å². The molecular weight excluding hydrogens is 242 g/mol. The number of likely N-dealkylation sites (tertiary alicyclic amines) is 1. The molecule has 1 aromatic rings. The van der Waals surface area contributed by atoms with Gasteiger partial charge in [0, 0.05) is 12.8 Å². The third-order valence-electron chi connectivity index (χ3n) is 3.52. The summed E-state index contributed by atoms with van der Waals surface area (Å²) in [5.41, 5.74) is 3.48. The van der Waals surface area contributed by atoms with E-state index in [-0.39, 0.29) is 11.8 Å². The van der Waals surface area contributed by atoms with Crippen molar-refractivity contribution in [3.8, 4) is 5.75 Å².